The number of imide groups is 1. The number of likely N-dealkylation sites (N-methyl/N-ethyl adjacent to an activating group) is 1. The summed E-state index contributed by atoms with van der Waals surface area (Å²) in [7, 11) is 1.72. The minimum absolute atomic E-state index is 0.174. The zero-order chi connectivity index (χ0) is 20.8. The standard InChI is InChI=1S/C21H31N6O3/c1-15-13-27-17-18(22-20(27)26(15)14-16-7-6-12-30-16)23(2)21(29)25(19(17)28)11-10-24-8-4-3-5-9-24/h13,16-17H,3-12,14H2,1-2H3/q+1. The molecule has 2 atom stereocenters. The van der Waals surface area contributed by atoms with Gasteiger partial charge in [0, 0.05) is 26.7 Å². The molecule has 9 heteroatoms. The smallest absolute Gasteiger partial charge is 0.375 e. The van der Waals surface area contributed by atoms with Gasteiger partial charge in [0.1, 0.15) is 11.9 Å². The van der Waals surface area contributed by atoms with Crippen molar-refractivity contribution in [1.29, 1.82) is 0 Å². The number of aryl methyl sites for hydroxylation is 1. The molecule has 9 nitrogen and oxygen atoms in total. The lowest BCUT2D eigenvalue weighted by molar-refractivity contribution is -0.677. The topological polar surface area (TPSA) is 74.3 Å². The first kappa shape index (κ1) is 19.7. The molecule has 1 aromatic heterocycles. The SMILES string of the molecule is Cc1c[n+]2c(n1CC1CCCO1)N=C1C2C(=O)N(CCN2CCCCC2)C(=O)N1C. The summed E-state index contributed by atoms with van der Waals surface area (Å²) in [5.74, 6) is 1.08. The molecular weight excluding hydrogens is 384 g/mol. The maximum atomic E-state index is 13.4. The maximum Gasteiger partial charge on any atom is 0.402 e. The van der Waals surface area contributed by atoms with Crippen molar-refractivity contribution in [3.8, 4) is 0 Å². The number of imidazole rings is 1. The predicted molar refractivity (Wildman–Crippen MR) is 110 cm³/mol. The number of likely N-dealkylation sites (tertiary alicyclic amines) is 1. The number of piperidine rings is 1. The second kappa shape index (κ2) is 7.77. The molecule has 3 saturated heterocycles. The molecule has 162 valence electrons. The monoisotopic (exact) mass is 415 g/mol. The molecule has 3 fully saturated rings. The molecule has 0 aromatic carbocycles. The van der Waals surface area contributed by atoms with Crippen molar-refractivity contribution in [2.45, 2.75) is 57.7 Å². The van der Waals surface area contributed by atoms with E-state index in [4.69, 9.17) is 9.73 Å². The van der Waals surface area contributed by atoms with Gasteiger partial charge in [-0.25, -0.2) is 13.9 Å². The molecule has 2 unspecified atom stereocenters. The van der Waals surface area contributed by atoms with Gasteiger partial charge in [0.05, 0.1) is 12.6 Å². The van der Waals surface area contributed by atoms with Gasteiger partial charge in [-0.2, -0.15) is 0 Å². The fraction of sp³-hybridized carbons (Fsp3) is 0.714. The minimum atomic E-state index is -0.562. The third-order valence-electron chi connectivity index (χ3n) is 6.82. The van der Waals surface area contributed by atoms with Crippen LogP contribution in [-0.4, -0.2) is 83.0 Å². The van der Waals surface area contributed by atoms with Gasteiger partial charge in [0.25, 0.3) is 5.91 Å². The first-order valence-corrected chi connectivity index (χ1v) is 11.2. The average Bonchev–Trinajstić information content (AvgIpc) is 3.45. The van der Waals surface area contributed by atoms with Gasteiger partial charge in [-0.15, -0.1) is 0 Å². The molecule has 0 radical (unpaired) electrons. The van der Waals surface area contributed by atoms with Crippen LogP contribution in [0, 0.1) is 6.92 Å². The summed E-state index contributed by atoms with van der Waals surface area (Å²) in [6.07, 6.45) is 7.94. The van der Waals surface area contributed by atoms with E-state index in [1.807, 2.05) is 17.7 Å². The van der Waals surface area contributed by atoms with Crippen molar-refractivity contribution in [2.75, 3.05) is 39.8 Å². The van der Waals surface area contributed by atoms with Crippen molar-refractivity contribution in [3.63, 3.8) is 0 Å². The summed E-state index contributed by atoms with van der Waals surface area (Å²) in [5.41, 5.74) is 1.05. The summed E-state index contributed by atoms with van der Waals surface area (Å²) >= 11 is 0. The lowest BCUT2D eigenvalue weighted by Crippen LogP contribution is -2.63. The quantitative estimate of drug-likeness (QED) is 0.678. The van der Waals surface area contributed by atoms with Crippen molar-refractivity contribution in [3.05, 3.63) is 11.9 Å². The number of urea groups is 1. The highest BCUT2D eigenvalue weighted by molar-refractivity contribution is 6.19. The first-order chi connectivity index (χ1) is 14.5. The summed E-state index contributed by atoms with van der Waals surface area (Å²) in [5, 5.41) is 0. The summed E-state index contributed by atoms with van der Waals surface area (Å²) in [6, 6.07) is -0.839. The van der Waals surface area contributed by atoms with E-state index in [9.17, 15) is 9.59 Å². The summed E-state index contributed by atoms with van der Waals surface area (Å²) in [6.45, 7) is 6.82. The van der Waals surface area contributed by atoms with Crippen LogP contribution in [0.1, 0.15) is 43.8 Å². The number of fused-ring (bicyclic) bond motifs is 3. The molecule has 30 heavy (non-hydrogen) atoms. The number of hydrogen-bond donors (Lipinski definition) is 0. The van der Waals surface area contributed by atoms with Crippen LogP contribution >= 0.6 is 0 Å². The fourth-order valence-corrected chi connectivity index (χ4v) is 5.08. The highest BCUT2D eigenvalue weighted by Gasteiger charge is 2.53. The highest BCUT2D eigenvalue weighted by atomic mass is 16.5. The average molecular weight is 416 g/mol. The Morgan fingerprint density at radius 1 is 1.17 bits per heavy atom. The van der Waals surface area contributed by atoms with Crippen molar-refractivity contribution < 1.29 is 18.9 Å². The normalized spacial score (nSPS) is 26.9. The zero-order valence-corrected chi connectivity index (χ0v) is 17.9. The Kier molecular flexibility index (Phi) is 5.10. The number of amides is 3. The number of aliphatic imine (C=N–C) groups is 1. The molecule has 1 aromatic rings. The van der Waals surface area contributed by atoms with Crippen molar-refractivity contribution >= 4 is 23.7 Å². The number of aromatic nitrogens is 2. The molecule has 5 rings (SSSR count). The third kappa shape index (κ3) is 3.24. The molecule has 0 saturated carbocycles. The van der Waals surface area contributed by atoms with Gasteiger partial charge < -0.3 is 9.64 Å². The van der Waals surface area contributed by atoms with E-state index in [2.05, 4.69) is 9.47 Å². The van der Waals surface area contributed by atoms with Crippen molar-refractivity contribution in [2.24, 2.45) is 4.99 Å². The third-order valence-corrected chi connectivity index (χ3v) is 6.82. The molecule has 4 aliphatic rings. The van der Waals surface area contributed by atoms with Crippen LogP contribution in [0.5, 0.6) is 0 Å². The number of nitrogens with zero attached hydrogens (tertiary/aromatic N) is 6. The number of carbonyl (C=O) groups excluding carboxylic acids is 2. The van der Waals surface area contributed by atoms with E-state index in [0.29, 0.717) is 12.4 Å². The molecule has 0 bridgehead atoms. The van der Waals surface area contributed by atoms with Gasteiger partial charge in [0.15, 0.2) is 0 Å². The number of amidine groups is 1. The number of rotatable bonds is 5. The fourth-order valence-electron chi connectivity index (χ4n) is 5.08. The first-order valence-electron chi connectivity index (χ1n) is 11.2. The minimum Gasteiger partial charge on any atom is -0.375 e. The number of carbonyl (C=O) groups is 2. The van der Waals surface area contributed by atoms with Gasteiger partial charge in [0.2, 0.25) is 11.9 Å². The Morgan fingerprint density at radius 2 is 1.97 bits per heavy atom. The van der Waals surface area contributed by atoms with Crippen LogP contribution < -0.4 is 4.57 Å². The predicted octanol–water partition coefficient (Wildman–Crippen LogP) is 1.23. The lowest BCUT2D eigenvalue weighted by atomic mass is 10.1. The molecule has 0 spiro atoms. The van der Waals surface area contributed by atoms with E-state index in [0.717, 1.165) is 57.3 Å². The second-order valence-electron chi connectivity index (χ2n) is 8.83. The van der Waals surface area contributed by atoms with E-state index in [1.165, 1.54) is 24.2 Å². The van der Waals surface area contributed by atoms with Gasteiger partial charge in [-0.05, 0) is 45.7 Å². The highest BCUT2D eigenvalue weighted by Crippen LogP contribution is 2.30. The number of hydrogen-bond acceptors (Lipinski definition) is 5. The Bertz CT molecular complexity index is 882. The van der Waals surface area contributed by atoms with Crippen LogP contribution in [0.3, 0.4) is 0 Å². The van der Waals surface area contributed by atoms with E-state index >= 15 is 0 Å². The van der Waals surface area contributed by atoms with Crippen molar-refractivity contribution in [1.82, 2.24) is 19.3 Å². The van der Waals surface area contributed by atoms with Gasteiger partial charge >= 0.3 is 12.0 Å². The van der Waals surface area contributed by atoms with Crippen LogP contribution in [0.15, 0.2) is 11.2 Å². The van der Waals surface area contributed by atoms with Crippen LogP contribution in [0.4, 0.5) is 10.7 Å². The van der Waals surface area contributed by atoms with E-state index in [1.54, 1.807) is 11.9 Å². The largest absolute Gasteiger partial charge is 0.402 e. The van der Waals surface area contributed by atoms with Crippen LogP contribution in [-0.2, 0) is 16.1 Å². The Hall–Kier alpha value is -2.26. The van der Waals surface area contributed by atoms with E-state index < -0.39 is 6.04 Å². The zero-order valence-electron chi connectivity index (χ0n) is 17.9. The lowest BCUT2D eigenvalue weighted by Gasteiger charge is -2.35. The molecule has 4 aliphatic heterocycles. The molecule has 3 amide bonds. The maximum absolute atomic E-state index is 13.4. The summed E-state index contributed by atoms with van der Waals surface area (Å²) in [4.78, 5) is 36.4. The summed E-state index contributed by atoms with van der Waals surface area (Å²) < 4.78 is 9.85. The van der Waals surface area contributed by atoms with E-state index in [-0.39, 0.29) is 18.0 Å². The van der Waals surface area contributed by atoms with Gasteiger partial charge in [-0.1, -0.05) is 11.4 Å². The molecule has 5 heterocycles. The molecule has 0 N–H and O–H groups in total. The Balaban J connectivity index is 1.38. The van der Waals surface area contributed by atoms with Crippen LogP contribution in [0.25, 0.3) is 0 Å². The number of ether oxygens (including phenoxy) is 1. The second-order valence-corrected chi connectivity index (χ2v) is 8.83. The van der Waals surface area contributed by atoms with Gasteiger partial charge in [-0.3, -0.25) is 14.6 Å². The molecular formula is C21H31N6O3+. The van der Waals surface area contributed by atoms with Crippen LogP contribution in [0.2, 0.25) is 0 Å². The Labute approximate surface area is 176 Å². The molecule has 0 aliphatic carbocycles. The Morgan fingerprint density at radius 3 is 2.70 bits per heavy atom.